The van der Waals surface area contributed by atoms with E-state index in [-0.39, 0.29) is 5.69 Å². The Morgan fingerprint density at radius 3 is 3.08 bits per heavy atom. The average Bonchev–Trinajstić information content (AvgIpc) is 2.45. The van der Waals surface area contributed by atoms with Crippen molar-refractivity contribution in [3.05, 3.63) is 34.6 Å². The third kappa shape index (κ3) is 1.05. The van der Waals surface area contributed by atoms with Gasteiger partial charge in [-0.05, 0) is 12.1 Å². The van der Waals surface area contributed by atoms with Crippen molar-refractivity contribution < 1.29 is 4.92 Å². The maximum Gasteiger partial charge on any atom is 0.296 e. The number of hydrogen-bond donors (Lipinski definition) is 0. The van der Waals surface area contributed by atoms with Crippen molar-refractivity contribution in [1.29, 1.82) is 0 Å². The van der Waals surface area contributed by atoms with Crippen LogP contribution in [0.1, 0.15) is 0 Å². The van der Waals surface area contributed by atoms with Crippen molar-refractivity contribution in [2.45, 2.75) is 0 Å². The molecule has 0 aliphatic carbocycles. The number of nitrogens with zero attached hydrogens (tertiary/aromatic N) is 3. The zero-order chi connectivity index (χ0) is 9.42. The van der Waals surface area contributed by atoms with E-state index in [9.17, 15) is 10.1 Å². The molecular formula is C8H7N3O2. The Morgan fingerprint density at radius 2 is 2.38 bits per heavy atom. The van der Waals surface area contributed by atoms with Crippen LogP contribution in [0.2, 0.25) is 0 Å². The first-order valence-electron chi connectivity index (χ1n) is 3.74. The summed E-state index contributed by atoms with van der Waals surface area (Å²) in [6.45, 7) is 0. The molecule has 2 aromatic heterocycles. The first-order chi connectivity index (χ1) is 6.20. The van der Waals surface area contributed by atoms with Crippen LogP contribution in [-0.4, -0.2) is 14.5 Å². The minimum atomic E-state index is -0.399. The third-order valence-corrected chi connectivity index (χ3v) is 1.91. The van der Waals surface area contributed by atoms with Crippen molar-refractivity contribution in [3.8, 4) is 0 Å². The second-order valence-corrected chi connectivity index (χ2v) is 2.76. The highest BCUT2D eigenvalue weighted by Crippen LogP contribution is 2.24. The normalized spacial score (nSPS) is 10.5. The lowest BCUT2D eigenvalue weighted by molar-refractivity contribution is -0.383. The summed E-state index contributed by atoms with van der Waals surface area (Å²) in [5.74, 6) is 0. The first kappa shape index (κ1) is 7.72. The van der Waals surface area contributed by atoms with Crippen molar-refractivity contribution in [2.24, 2.45) is 7.05 Å². The summed E-state index contributed by atoms with van der Waals surface area (Å²) in [4.78, 5) is 14.2. The van der Waals surface area contributed by atoms with Gasteiger partial charge in [0, 0.05) is 13.2 Å². The van der Waals surface area contributed by atoms with Crippen molar-refractivity contribution >= 4 is 16.7 Å². The van der Waals surface area contributed by atoms with Crippen LogP contribution < -0.4 is 0 Å². The fourth-order valence-corrected chi connectivity index (χ4v) is 1.34. The molecular weight excluding hydrogens is 170 g/mol. The van der Waals surface area contributed by atoms with Crippen LogP contribution >= 0.6 is 0 Å². The Hall–Kier alpha value is -1.91. The maximum atomic E-state index is 10.6. The van der Waals surface area contributed by atoms with Crippen LogP contribution in [-0.2, 0) is 7.05 Å². The van der Waals surface area contributed by atoms with Gasteiger partial charge >= 0.3 is 0 Å². The van der Waals surface area contributed by atoms with Gasteiger partial charge in [0.1, 0.15) is 5.65 Å². The number of hydrogen-bond acceptors (Lipinski definition) is 3. The molecule has 0 aliphatic rings. The molecule has 0 spiro atoms. The molecule has 0 saturated carbocycles. The molecule has 0 saturated heterocycles. The molecule has 5 heteroatoms. The molecule has 0 bridgehead atoms. The van der Waals surface area contributed by atoms with E-state index < -0.39 is 4.92 Å². The number of pyridine rings is 1. The van der Waals surface area contributed by atoms with E-state index in [1.165, 1.54) is 6.20 Å². The first-order valence-corrected chi connectivity index (χ1v) is 3.74. The van der Waals surface area contributed by atoms with Gasteiger partial charge < -0.3 is 4.57 Å². The molecule has 0 N–H and O–H groups in total. The zero-order valence-corrected chi connectivity index (χ0v) is 6.97. The van der Waals surface area contributed by atoms with E-state index in [0.29, 0.717) is 11.0 Å². The molecule has 0 aliphatic heterocycles. The van der Waals surface area contributed by atoms with Gasteiger partial charge in [-0.15, -0.1) is 0 Å². The van der Waals surface area contributed by atoms with Gasteiger partial charge in [0.25, 0.3) is 5.69 Å². The van der Waals surface area contributed by atoms with Crippen molar-refractivity contribution in [3.63, 3.8) is 0 Å². The molecule has 66 valence electrons. The van der Waals surface area contributed by atoms with Gasteiger partial charge in [-0.3, -0.25) is 10.1 Å². The standard InChI is InChI=1S/C8H7N3O2/c1-10-5-7(11(12)13)6-3-2-4-9-8(6)10/h2-5H,1H3. The lowest BCUT2D eigenvalue weighted by atomic mass is 10.3. The van der Waals surface area contributed by atoms with E-state index in [4.69, 9.17) is 0 Å². The van der Waals surface area contributed by atoms with E-state index in [0.717, 1.165) is 0 Å². The Balaban J connectivity index is 2.85. The molecule has 2 rings (SSSR count). The lowest BCUT2D eigenvalue weighted by Crippen LogP contribution is -1.85. The highest BCUT2D eigenvalue weighted by Gasteiger charge is 2.15. The van der Waals surface area contributed by atoms with Crippen LogP contribution in [0, 0.1) is 10.1 Å². The van der Waals surface area contributed by atoms with Crippen LogP contribution in [0.3, 0.4) is 0 Å². The third-order valence-electron chi connectivity index (χ3n) is 1.91. The summed E-state index contributed by atoms with van der Waals surface area (Å²) in [5.41, 5.74) is 0.736. The minimum absolute atomic E-state index is 0.102. The molecule has 0 aromatic carbocycles. The van der Waals surface area contributed by atoms with Gasteiger partial charge in [0.2, 0.25) is 0 Å². The number of fused-ring (bicyclic) bond motifs is 1. The zero-order valence-electron chi connectivity index (χ0n) is 6.97. The molecule has 5 nitrogen and oxygen atoms in total. The largest absolute Gasteiger partial charge is 0.329 e. The Labute approximate surface area is 73.8 Å². The second kappa shape index (κ2) is 2.55. The summed E-state index contributed by atoms with van der Waals surface area (Å²) in [5, 5.41) is 11.2. The summed E-state index contributed by atoms with van der Waals surface area (Å²) in [6, 6.07) is 3.38. The Kier molecular flexibility index (Phi) is 1.51. The number of aromatic nitrogens is 2. The van der Waals surface area contributed by atoms with E-state index in [2.05, 4.69) is 4.98 Å². The smallest absolute Gasteiger partial charge is 0.296 e. The predicted octanol–water partition coefficient (Wildman–Crippen LogP) is 1.48. The number of nitro groups is 1. The second-order valence-electron chi connectivity index (χ2n) is 2.76. The Morgan fingerprint density at radius 1 is 1.62 bits per heavy atom. The molecule has 2 heterocycles. The van der Waals surface area contributed by atoms with E-state index in [1.807, 2.05) is 0 Å². The molecule has 0 fully saturated rings. The Bertz CT molecular complexity index is 475. The lowest BCUT2D eigenvalue weighted by Gasteiger charge is -1.90. The van der Waals surface area contributed by atoms with Gasteiger partial charge in [0.15, 0.2) is 0 Å². The van der Waals surface area contributed by atoms with Crippen molar-refractivity contribution in [1.82, 2.24) is 9.55 Å². The molecule has 0 atom stereocenters. The average molecular weight is 177 g/mol. The molecule has 2 aromatic rings. The monoisotopic (exact) mass is 177 g/mol. The number of aryl methyl sites for hydroxylation is 1. The summed E-state index contributed by atoms with van der Waals surface area (Å²) < 4.78 is 1.65. The minimum Gasteiger partial charge on any atom is -0.329 e. The fourth-order valence-electron chi connectivity index (χ4n) is 1.34. The summed E-state index contributed by atoms with van der Waals surface area (Å²) in [7, 11) is 1.74. The van der Waals surface area contributed by atoms with Crippen LogP contribution in [0.5, 0.6) is 0 Å². The van der Waals surface area contributed by atoms with E-state index >= 15 is 0 Å². The topological polar surface area (TPSA) is 61.0 Å². The van der Waals surface area contributed by atoms with Crippen LogP contribution in [0.25, 0.3) is 11.0 Å². The molecule has 0 amide bonds. The summed E-state index contributed by atoms with van der Waals surface area (Å²) in [6.07, 6.45) is 3.09. The van der Waals surface area contributed by atoms with E-state index in [1.54, 1.807) is 29.9 Å². The predicted molar refractivity (Wildman–Crippen MR) is 47.4 cm³/mol. The summed E-state index contributed by atoms with van der Waals surface area (Å²) >= 11 is 0. The maximum absolute atomic E-state index is 10.6. The molecule has 13 heavy (non-hydrogen) atoms. The number of rotatable bonds is 1. The fraction of sp³-hybridized carbons (Fsp3) is 0.125. The van der Waals surface area contributed by atoms with Crippen LogP contribution in [0.4, 0.5) is 5.69 Å². The molecule has 0 unspecified atom stereocenters. The highest BCUT2D eigenvalue weighted by molar-refractivity contribution is 5.86. The van der Waals surface area contributed by atoms with Gasteiger partial charge in [-0.25, -0.2) is 4.98 Å². The van der Waals surface area contributed by atoms with Gasteiger partial charge in [-0.1, -0.05) is 0 Å². The van der Waals surface area contributed by atoms with Gasteiger partial charge in [-0.2, -0.15) is 0 Å². The SMILES string of the molecule is Cn1cc([N+](=O)[O-])c2cccnc21. The highest BCUT2D eigenvalue weighted by atomic mass is 16.6. The van der Waals surface area contributed by atoms with Crippen molar-refractivity contribution in [2.75, 3.05) is 0 Å². The quantitative estimate of drug-likeness (QED) is 0.489. The van der Waals surface area contributed by atoms with Gasteiger partial charge in [0.05, 0.1) is 16.5 Å². The molecule has 0 radical (unpaired) electrons. The van der Waals surface area contributed by atoms with Crippen LogP contribution in [0.15, 0.2) is 24.5 Å².